The van der Waals surface area contributed by atoms with Gasteiger partial charge in [0.25, 0.3) is 11.8 Å². The van der Waals surface area contributed by atoms with E-state index in [0.29, 0.717) is 23.8 Å². The SMILES string of the molecule is CC1CCC2(CC1)NC(=O)N(NC(=O)COC(=O)C[C@@H]1C=CCC1)C2=O. The van der Waals surface area contributed by atoms with Crippen molar-refractivity contribution in [1.29, 1.82) is 0 Å². The number of hydrazine groups is 1. The zero-order valence-corrected chi connectivity index (χ0v) is 15.0. The smallest absolute Gasteiger partial charge is 0.344 e. The van der Waals surface area contributed by atoms with E-state index in [9.17, 15) is 19.2 Å². The number of hydrogen-bond acceptors (Lipinski definition) is 5. The van der Waals surface area contributed by atoms with Crippen LogP contribution in [0.2, 0.25) is 0 Å². The fourth-order valence-electron chi connectivity index (χ4n) is 3.76. The first-order valence-electron chi connectivity index (χ1n) is 9.18. The maximum atomic E-state index is 12.6. The van der Waals surface area contributed by atoms with Gasteiger partial charge >= 0.3 is 12.0 Å². The van der Waals surface area contributed by atoms with Crippen molar-refractivity contribution in [3.8, 4) is 0 Å². The molecule has 0 aromatic heterocycles. The van der Waals surface area contributed by atoms with Gasteiger partial charge in [-0.1, -0.05) is 19.1 Å². The Bertz CT molecular complexity index is 637. The van der Waals surface area contributed by atoms with E-state index in [1.54, 1.807) is 0 Å². The average molecular weight is 363 g/mol. The number of nitrogens with zero attached hydrogens (tertiary/aromatic N) is 1. The lowest BCUT2D eigenvalue weighted by molar-refractivity contribution is -0.151. The van der Waals surface area contributed by atoms with E-state index in [2.05, 4.69) is 17.7 Å². The molecule has 26 heavy (non-hydrogen) atoms. The summed E-state index contributed by atoms with van der Waals surface area (Å²) in [4.78, 5) is 48.4. The molecule has 2 fully saturated rings. The molecule has 0 unspecified atom stereocenters. The summed E-state index contributed by atoms with van der Waals surface area (Å²) >= 11 is 0. The summed E-state index contributed by atoms with van der Waals surface area (Å²) in [5.74, 6) is -0.935. The third-order valence-corrected chi connectivity index (χ3v) is 5.43. The molecule has 2 N–H and O–H groups in total. The van der Waals surface area contributed by atoms with Gasteiger partial charge in [-0.2, -0.15) is 5.01 Å². The third kappa shape index (κ3) is 3.89. The largest absolute Gasteiger partial charge is 0.455 e. The summed E-state index contributed by atoms with van der Waals surface area (Å²) in [6, 6.07) is -0.639. The number of amides is 4. The highest BCUT2D eigenvalue weighted by Crippen LogP contribution is 2.35. The van der Waals surface area contributed by atoms with Crippen molar-refractivity contribution in [1.82, 2.24) is 15.8 Å². The molecule has 3 rings (SSSR count). The molecule has 8 heteroatoms. The van der Waals surface area contributed by atoms with Crippen LogP contribution in [0.1, 0.15) is 51.9 Å². The monoisotopic (exact) mass is 363 g/mol. The van der Waals surface area contributed by atoms with Gasteiger partial charge in [-0.15, -0.1) is 0 Å². The minimum atomic E-state index is -0.914. The van der Waals surface area contributed by atoms with Crippen molar-refractivity contribution in [3.63, 3.8) is 0 Å². The van der Waals surface area contributed by atoms with Crippen LogP contribution >= 0.6 is 0 Å². The number of ether oxygens (including phenoxy) is 1. The Morgan fingerprint density at radius 3 is 2.69 bits per heavy atom. The summed E-state index contributed by atoms with van der Waals surface area (Å²) < 4.78 is 4.94. The number of allylic oxidation sites excluding steroid dienone is 2. The van der Waals surface area contributed by atoms with E-state index in [1.165, 1.54) is 0 Å². The zero-order valence-electron chi connectivity index (χ0n) is 15.0. The minimum Gasteiger partial charge on any atom is -0.455 e. The van der Waals surface area contributed by atoms with Gasteiger partial charge in [0.1, 0.15) is 5.54 Å². The van der Waals surface area contributed by atoms with Crippen molar-refractivity contribution in [3.05, 3.63) is 12.2 Å². The summed E-state index contributed by atoms with van der Waals surface area (Å²) in [5.41, 5.74) is 1.34. The number of nitrogens with one attached hydrogen (secondary N) is 2. The van der Waals surface area contributed by atoms with Crippen molar-refractivity contribution in [2.45, 2.75) is 57.4 Å². The second kappa shape index (κ2) is 7.47. The molecular weight excluding hydrogens is 338 g/mol. The number of urea groups is 1. The predicted octanol–water partition coefficient (Wildman–Crippen LogP) is 1.42. The maximum absolute atomic E-state index is 12.6. The van der Waals surface area contributed by atoms with Crippen LogP contribution in [-0.2, 0) is 19.1 Å². The number of carbonyl (C=O) groups is 4. The van der Waals surface area contributed by atoms with E-state index in [4.69, 9.17) is 4.74 Å². The zero-order chi connectivity index (χ0) is 18.7. The van der Waals surface area contributed by atoms with Crippen LogP contribution in [0, 0.1) is 11.8 Å². The van der Waals surface area contributed by atoms with Gasteiger partial charge in [-0.25, -0.2) is 4.79 Å². The van der Waals surface area contributed by atoms with Crippen LogP contribution in [-0.4, -0.2) is 41.0 Å². The van der Waals surface area contributed by atoms with E-state index < -0.39 is 36.0 Å². The maximum Gasteiger partial charge on any atom is 0.344 e. The minimum absolute atomic E-state index is 0.157. The highest BCUT2D eigenvalue weighted by Gasteiger charge is 2.52. The van der Waals surface area contributed by atoms with Gasteiger partial charge < -0.3 is 10.1 Å². The van der Waals surface area contributed by atoms with Gasteiger partial charge in [0, 0.05) is 0 Å². The number of hydrogen-bond donors (Lipinski definition) is 2. The molecule has 2 aliphatic carbocycles. The van der Waals surface area contributed by atoms with Gasteiger partial charge in [0.2, 0.25) is 0 Å². The third-order valence-electron chi connectivity index (χ3n) is 5.43. The van der Waals surface area contributed by atoms with Crippen molar-refractivity contribution < 1.29 is 23.9 Å². The van der Waals surface area contributed by atoms with E-state index in [0.717, 1.165) is 25.7 Å². The van der Waals surface area contributed by atoms with Crippen LogP contribution in [0.5, 0.6) is 0 Å². The summed E-state index contributed by atoms with van der Waals surface area (Å²) in [5, 5.41) is 3.43. The molecular formula is C18H25N3O5. The highest BCUT2D eigenvalue weighted by atomic mass is 16.5. The molecule has 1 aliphatic heterocycles. The van der Waals surface area contributed by atoms with Crippen LogP contribution in [0.15, 0.2) is 12.2 Å². The van der Waals surface area contributed by atoms with Gasteiger partial charge in [0.05, 0.1) is 6.42 Å². The highest BCUT2D eigenvalue weighted by molar-refractivity contribution is 6.08. The molecule has 0 aromatic rings. The van der Waals surface area contributed by atoms with Crippen LogP contribution in [0.25, 0.3) is 0 Å². The van der Waals surface area contributed by atoms with Crippen molar-refractivity contribution in [2.75, 3.05) is 6.61 Å². The van der Waals surface area contributed by atoms with Crippen molar-refractivity contribution in [2.24, 2.45) is 11.8 Å². The lowest BCUT2D eigenvalue weighted by Gasteiger charge is -2.33. The Kier molecular flexibility index (Phi) is 5.29. The number of carbonyl (C=O) groups excluding carboxylic acids is 4. The van der Waals surface area contributed by atoms with Gasteiger partial charge in [0.15, 0.2) is 6.61 Å². The molecule has 1 saturated heterocycles. The topological polar surface area (TPSA) is 105 Å². The average Bonchev–Trinajstić information content (AvgIpc) is 3.19. The molecule has 1 heterocycles. The molecule has 0 radical (unpaired) electrons. The first-order chi connectivity index (χ1) is 12.4. The van der Waals surface area contributed by atoms with E-state index in [-0.39, 0.29) is 12.3 Å². The fourth-order valence-corrected chi connectivity index (χ4v) is 3.76. The lowest BCUT2D eigenvalue weighted by Crippen LogP contribution is -2.52. The molecule has 1 spiro atoms. The van der Waals surface area contributed by atoms with Crippen LogP contribution in [0.3, 0.4) is 0 Å². The first-order valence-corrected chi connectivity index (χ1v) is 9.18. The lowest BCUT2D eigenvalue weighted by atomic mass is 9.77. The van der Waals surface area contributed by atoms with Crippen LogP contribution in [0.4, 0.5) is 4.79 Å². The molecule has 4 amide bonds. The second-order valence-electron chi connectivity index (χ2n) is 7.50. The second-order valence-corrected chi connectivity index (χ2v) is 7.50. The Labute approximate surface area is 152 Å². The van der Waals surface area contributed by atoms with Gasteiger partial charge in [-0.05, 0) is 50.4 Å². The summed E-state index contributed by atoms with van der Waals surface area (Å²) in [7, 11) is 0. The Morgan fingerprint density at radius 2 is 2.04 bits per heavy atom. The molecule has 142 valence electrons. The molecule has 3 aliphatic rings. The van der Waals surface area contributed by atoms with E-state index in [1.807, 2.05) is 12.2 Å². The van der Waals surface area contributed by atoms with Crippen molar-refractivity contribution >= 4 is 23.8 Å². The number of rotatable bonds is 5. The van der Waals surface area contributed by atoms with Gasteiger partial charge in [-0.3, -0.25) is 19.8 Å². The molecule has 1 saturated carbocycles. The Morgan fingerprint density at radius 1 is 1.31 bits per heavy atom. The fraction of sp³-hybridized carbons (Fsp3) is 0.667. The number of imide groups is 1. The van der Waals surface area contributed by atoms with E-state index >= 15 is 0 Å². The summed E-state index contributed by atoms with van der Waals surface area (Å²) in [6.45, 7) is 1.60. The Balaban J connectivity index is 1.47. The normalized spacial score (nSPS) is 30.6. The Hall–Kier alpha value is -2.38. The molecule has 1 atom stereocenters. The molecule has 8 nitrogen and oxygen atoms in total. The molecule has 0 bridgehead atoms. The predicted molar refractivity (Wildman–Crippen MR) is 91.3 cm³/mol. The van der Waals surface area contributed by atoms with Crippen LogP contribution < -0.4 is 10.7 Å². The molecule has 0 aromatic carbocycles. The quantitative estimate of drug-likeness (QED) is 0.437. The standard InChI is InChI=1S/C18H25N3O5/c1-12-6-8-18(9-7-12)16(24)21(17(25)19-18)20-14(22)11-26-15(23)10-13-4-2-3-5-13/h2,4,12-13H,3,5-11H2,1H3,(H,19,25)(H,20,22)/t12?,13-,18?/m1/s1. The number of esters is 1. The summed E-state index contributed by atoms with van der Waals surface area (Å²) in [6.07, 6.45) is 8.90. The first kappa shape index (κ1) is 18.4.